The van der Waals surface area contributed by atoms with Gasteiger partial charge in [0.2, 0.25) is 0 Å². The molecule has 1 unspecified atom stereocenters. The van der Waals surface area contributed by atoms with Crippen LogP contribution in [0.15, 0.2) is 0 Å². The van der Waals surface area contributed by atoms with Gasteiger partial charge in [0.05, 0.1) is 6.61 Å². The van der Waals surface area contributed by atoms with Crippen LogP contribution in [-0.4, -0.2) is 18.0 Å². The molecule has 0 aromatic carbocycles. The molecule has 1 nitrogen and oxygen atoms in total. The highest BCUT2D eigenvalue weighted by atomic mass is 32.1. The standard InChI is InChI=1S/C7H16OS/c1-4-7(3,9)6-8-5-2/h9H,4-6H2,1-3H3. The Bertz CT molecular complexity index is 71.3. The Morgan fingerprint density at radius 3 is 2.33 bits per heavy atom. The summed E-state index contributed by atoms with van der Waals surface area (Å²) in [6, 6.07) is 0. The fourth-order valence-corrected chi connectivity index (χ4v) is 0.515. The van der Waals surface area contributed by atoms with Crippen LogP contribution < -0.4 is 0 Å². The summed E-state index contributed by atoms with van der Waals surface area (Å²) in [7, 11) is 0. The van der Waals surface area contributed by atoms with Crippen molar-refractivity contribution >= 4 is 12.6 Å². The van der Waals surface area contributed by atoms with E-state index in [0.29, 0.717) is 0 Å². The first-order valence-corrected chi connectivity index (χ1v) is 3.87. The Morgan fingerprint density at radius 2 is 2.00 bits per heavy atom. The van der Waals surface area contributed by atoms with Crippen LogP contribution in [0.2, 0.25) is 0 Å². The van der Waals surface area contributed by atoms with E-state index in [-0.39, 0.29) is 4.75 Å². The minimum atomic E-state index is 0.0655. The fourth-order valence-electron chi connectivity index (χ4n) is 0.424. The molecule has 0 bridgehead atoms. The van der Waals surface area contributed by atoms with E-state index in [4.69, 9.17) is 4.74 Å². The van der Waals surface area contributed by atoms with Crippen LogP contribution in [-0.2, 0) is 4.74 Å². The summed E-state index contributed by atoms with van der Waals surface area (Å²) in [5, 5.41) is 0. The molecule has 0 saturated heterocycles. The van der Waals surface area contributed by atoms with Crippen molar-refractivity contribution in [3.63, 3.8) is 0 Å². The summed E-state index contributed by atoms with van der Waals surface area (Å²) in [6.45, 7) is 7.75. The van der Waals surface area contributed by atoms with Gasteiger partial charge in [0.15, 0.2) is 0 Å². The van der Waals surface area contributed by atoms with E-state index in [0.717, 1.165) is 19.6 Å². The van der Waals surface area contributed by atoms with Crippen LogP contribution in [0.3, 0.4) is 0 Å². The number of thiol groups is 1. The number of rotatable bonds is 4. The van der Waals surface area contributed by atoms with Crippen molar-refractivity contribution in [3.8, 4) is 0 Å². The van der Waals surface area contributed by atoms with Crippen molar-refractivity contribution in [3.05, 3.63) is 0 Å². The first-order chi connectivity index (χ1) is 4.12. The minimum absolute atomic E-state index is 0.0655. The molecule has 56 valence electrons. The molecular formula is C7H16OS. The molecule has 0 saturated carbocycles. The van der Waals surface area contributed by atoms with Crippen molar-refractivity contribution in [1.82, 2.24) is 0 Å². The second kappa shape index (κ2) is 4.18. The van der Waals surface area contributed by atoms with Gasteiger partial charge in [-0.1, -0.05) is 6.92 Å². The largest absolute Gasteiger partial charge is 0.380 e. The molecule has 0 rings (SSSR count). The molecule has 2 heteroatoms. The zero-order chi connectivity index (χ0) is 7.33. The van der Waals surface area contributed by atoms with Gasteiger partial charge in [-0.25, -0.2) is 0 Å². The second-order valence-electron chi connectivity index (χ2n) is 2.49. The molecular weight excluding hydrogens is 132 g/mol. The van der Waals surface area contributed by atoms with E-state index in [9.17, 15) is 0 Å². The van der Waals surface area contributed by atoms with E-state index >= 15 is 0 Å². The van der Waals surface area contributed by atoms with Crippen molar-refractivity contribution in [2.24, 2.45) is 0 Å². The molecule has 0 aliphatic heterocycles. The molecule has 0 heterocycles. The van der Waals surface area contributed by atoms with Crippen molar-refractivity contribution in [1.29, 1.82) is 0 Å². The quantitative estimate of drug-likeness (QED) is 0.601. The maximum atomic E-state index is 5.21. The predicted octanol–water partition coefficient (Wildman–Crippen LogP) is 2.12. The molecule has 0 amide bonds. The smallest absolute Gasteiger partial charge is 0.0607 e. The zero-order valence-corrected chi connectivity index (χ0v) is 7.37. The van der Waals surface area contributed by atoms with Crippen molar-refractivity contribution in [2.45, 2.75) is 31.9 Å². The summed E-state index contributed by atoms with van der Waals surface area (Å²) in [5.74, 6) is 0. The van der Waals surface area contributed by atoms with Gasteiger partial charge in [0, 0.05) is 11.4 Å². The van der Waals surface area contributed by atoms with Gasteiger partial charge in [-0.05, 0) is 20.3 Å². The lowest BCUT2D eigenvalue weighted by atomic mass is 10.1. The Hall–Kier alpha value is 0.310. The zero-order valence-electron chi connectivity index (χ0n) is 6.48. The highest BCUT2D eigenvalue weighted by Crippen LogP contribution is 2.17. The number of hydrogen-bond acceptors (Lipinski definition) is 2. The second-order valence-corrected chi connectivity index (χ2v) is 3.57. The maximum absolute atomic E-state index is 5.21. The van der Waals surface area contributed by atoms with E-state index in [2.05, 4.69) is 26.5 Å². The molecule has 0 aliphatic carbocycles. The van der Waals surface area contributed by atoms with E-state index in [1.165, 1.54) is 0 Å². The molecule has 1 atom stereocenters. The van der Waals surface area contributed by atoms with Crippen LogP contribution >= 0.6 is 12.6 Å². The van der Waals surface area contributed by atoms with Crippen LogP contribution in [0.25, 0.3) is 0 Å². The van der Waals surface area contributed by atoms with Gasteiger partial charge in [0.25, 0.3) is 0 Å². The van der Waals surface area contributed by atoms with Gasteiger partial charge >= 0.3 is 0 Å². The molecule has 0 radical (unpaired) electrons. The summed E-state index contributed by atoms with van der Waals surface area (Å²) in [4.78, 5) is 0. The van der Waals surface area contributed by atoms with Crippen LogP contribution in [0, 0.1) is 0 Å². The molecule has 0 aromatic rings. The Balaban J connectivity index is 3.33. The third-order valence-corrected chi connectivity index (χ3v) is 1.82. The van der Waals surface area contributed by atoms with E-state index in [1.807, 2.05) is 6.92 Å². The third-order valence-electron chi connectivity index (χ3n) is 1.38. The van der Waals surface area contributed by atoms with Gasteiger partial charge in [-0.2, -0.15) is 12.6 Å². The van der Waals surface area contributed by atoms with Gasteiger partial charge in [0.1, 0.15) is 0 Å². The minimum Gasteiger partial charge on any atom is -0.380 e. The number of hydrogen-bond donors (Lipinski definition) is 1. The highest BCUT2D eigenvalue weighted by Gasteiger charge is 2.15. The predicted molar refractivity (Wildman–Crippen MR) is 44.2 cm³/mol. The van der Waals surface area contributed by atoms with Gasteiger partial charge in [-0.3, -0.25) is 0 Å². The Labute approximate surface area is 63.2 Å². The Kier molecular flexibility index (Phi) is 4.32. The summed E-state index contributed by atoms with van der Waals surface area (Å²) in [6.07, 6.45) is 1.05. The molecule has 0 aliphatic rings. The average Bonchev–Trinajstić information content (AvgIpc) is 1.84. The average molecular weight is 148 g/mol. The highest BCUT2D eigenvalue weighted by molar-refractivity contribution is 7.81. The normalized spacial score (nSPS) is 17.3. The topological polar surface area (TPSA) is 9.23 Å². The molecule has 0 spiro atoms. The molecule has 0 N–H and O–H groups in total. The summed E-state index contributed by atoms with van der Waals surface area (Å²) < 4.78 is 5.28. The first-order valence-electron chi connectivity index (χ1n) is 3.42. The van der Waals surface area contributed by atoms with Gasteiger partial charge < -0.3 is 4.74 Å². The lowest BCUT2D eigenvalue weighted by molar-refractivity contribution is 0.127. The van der Waals surface area contributed by atoms with Crippen LogP contribution in [0.5, 0.6) is 0 Å². The fraction of sp³-hybridized carbons (Fsp3) is 1.00. The lowest BCUT2D eigenvalue weighted by Crippen LogP contribution is -2.22. The monoisotopic (exact) mass is 148 g/mol. The van der Waals surface area contributed by atoms with Crippen molar-refractivity contribution in [2.75, 3.05) is 13.2 Å². The summed E-state index contributed by atoms with van der Waals surface area (Å²) in [5.41, 5.74) is 0. The molecule has 9 heavy (non-hydrogen) atoms. The van der Waals surface area contributed by atoms with Gasteiger partial charge in [-0.15, -0.1) is 0 Å². The third kappa shape index (κ3) is 4.79. The van der Waals surface area contributed by atoms with E-state index in [1.54, 1.807) is 0 Å². The maximum Gasteiger partial charge on any atom is 0.0607 e. The number of ether oxygens (including phenoxy) is 1. The van der Waals surface area contributed by atoms with Crippen LogP contribution in [0.4, 0.5) is 0 Å². The first kappa shape index (κ1) is 9.31. The van der Waals surface area contributed by atoms with Crippen LogP contribution in [0.1, 0.15) is 27.2 Å². The molecule has 0 aromatic heterocycles. The Morgan fingerprint density at radius 1 is 1.44 bits per heavy atom. The SMILES string of the molecule is CCOCC(C)(S)CC. The lowest BCUT2D eigenvalue weighted by Gasteiger charge is -2.20. The van der Waals surface area contributed by atoms with Crippen molar-refractivity contribution < 1.29 is 4.74 Å². The molecule has 0 fully saturated rings. The van der Waals surface area contributed by atoms with E-state index < -0.39 is 0 Å². The summed E-state index contributed by atoms with van der Waals surface area (Å²) >= 11 is 4.40.